The smallest absolute Gasteiger partial charge is 0.266 e. The van der Waals surface area contributed by atoms with E-state index in [1.54, 1.807) is 35.4 Å². The van der Waals surface area contributed by atoms with Crippen molar-refractivity contribution in [2.24, 2.45) is 4.99 Å². The lowest BCUT2D eigenvalue weighted by molar-refractivity contribution is -0.121. The van der Waals surface area contributed by atoms with Crippen LogP contribution in [0.2, 0.25) is 5.02 Å². The molecule has 1 aromatic heterocycles. The summed E-state index contributed by atoms with van der Waals surface area (Å²) in [5.41, 5.74) is 0.738. The van der Waals surface area contributed by atoms with E-state index in [1.165, 1.54) is 11.8 Å². The summed E-state index contributed by atoms with van der Waals surface area (Å²) in [6.07, 6.45) is 1.90. The van der Waals surface area contributed by atoms with Gasteiger partial charge in [-0.05, 0) is 47.5 Å². The van der Waals surface area contributed by atoms with E-state index in [9.17, 15) is 4.79 Å². The molecule has 3 rings (SSSR count). The number of likely N-dealkylation sites (N-methyl/N-ethyl adjacent to an activating group) is 1. The first-order valence-electron chi connectivity index (χ1n) is 6.19. The van der Waals surface area contributed by atoms with Crippen LogP contribution in [-0.2, 0) is 4.79 Å². The number of carbonyl (C=O) groups excluding carboxylic acids is 1. The number of halogens is 1. The molecule has 106 valence electrons. The zero-order valence-corrected chi connectivity index (χ0v) is 13.5. The van der Waals surface area contributed by atoms with E-state index in [4.69, 9.17) is 11.6 Å². The molecular formula is C15H11ClN2OS2. The van der Waals surface area contributed by atoms with Gasteiger partial charge in [0.05, 0.1) is 10.6 Å². The van der Waals surface area contributed by atoms with E-state index in [0.717, 1.165) is 10.6 Å². The van der Waals surface area contributed by atoms with Crippen LogP contribution < -0.4 is 0 Å². The average Bonchev–Trinajstić information content (AvgIpc) is 3.05. The average molecular weight is 335 g/mol. The van der Waals surface area contributed by atoms with E-state index in [1.807, 2.05) is 35.7 Å². The van der Waals surface area contributed by atoms with Gasteiger partial charge < -0.3 is 0 Å². The normalized spacial score (nSPS) is 19.0. The molecule has 0 spiro atoms. The Bertz CT molecular complexity index is 738. The summed E-state index contributed by atoms with van der Waals surface area (Å²) in [4.78, 5) is 20.0. The Hall–Kier alpha value is -1.56. The standard InChI is InChI=1S/C15H11ClN2OS2/c1-18-14(19)13(9-12-6-3-7-20-12)21-15(18)17-11-5-2-4-10(16)8-11/h2-9H,1H3/b13-9+,17-15?. The number of hydrogen-bond donors (Lipinski definition) is 0. The molecule has 1 amide bonds. The summed E-state index contributed by atoms with van der Waals surface area (Å²) in [6.45, 7) is 0. The number of rotatable bonds is 2. The third kappa shape index (κ3) is 3.20. The van der Waals surface area contributed by atoms with Crippen molar-refractivity contribution < 1.29 is 4.79 Å². The van der Waals surface area contributed by atoms with Gasteiger partial charge in [0.25, 0.3) is 5.91 Å². The van der Waals surface area contributed by atoms with Gasteiger partial charge in [0, 0.05) is 16.9 Å². The maximum atomic E-state index is 12.2. The quantitative estimate of drug-likeness (QED) is 0.750. The Morgan fingerprint density at radius 2 is 2.14 bits per heavy atom. The van der Waals surface area contributed by atoms with E-state index in [-0.39, 0.29) is 5.91 Å². The SMILES string of the molecule is CN1C(=O)/C(=C\c2cccs2)SC1=Nc1cccc(Cl)c1. The van der Waals surface area contributed by atoms with Crippen LogP contribution >= 0.6 is 34.7 Å². The molecule has 6 heteroatoms. The largest absolute Gasteiger partial charge is 0.290 e. The zero-order chi connectivity index (χ0) is 14.8. The molecule has 0 aliphatic carbocycles. The van der Waals surface area contributed by atoms with Crippen molar-refractivity contribution in [3.8, 4) is 0 Å². The number of amides is 1. The van der Waals surface area contributed by atoms with Crippen LogP contribution in [0.25, 0.3) is 6.08 Å². The van der Waals surface area contributed by atoms with Crippen molar-refractivity contribution >= 4 is 57.5 Å². The summed E-state index contributed by atoms with van der Waals surface area (Å²) in [7, 11) is 1.73. The molecule has 0 bridgehead atoms. The van der Waals surface area contributed by atoms with Gasteiger partial charge in [-0.3, -0.25) is 9.69 Å². The number of aliphatic imine (C=N–C) groups is 1. The van der Waals surface area contributed by atoms with Gasteiger partial charge in [0.2, 0.25) is 0 Å². The third-order valence-corrected chi connectivity index (χ3v) is 4.97. The molecule has 1 aliphatic rings. The first-order chi connectivity index (χ1) is 10.1. The zero-order valence-electron chi connectivity index (χ0n) is 11.1. The van der Waals surface area contributed by atoms with E-state index in [0.29, 0.717) is 15.1 Å². The van der Waals surface area contributed by atoms with Gasteiger partial charge in [-0.2, -0.15) is 0 Å². The highest BCUT2D eigenvalue weighted by Crippen LogP contribution is 2.34. The lowest BCUT2D eigenvalue weighted by Gasteiger charge is -2.07. The number of thioether (sulfide) groups is 1. The predicted octanol–water partition coefficient (Wildman–Crippen LogP) is 4.64. The van der Waals surface area contributed by atoms with Crippen molar-refractivity contribution in [3.05, 3.63) is 56.6 Å². The molecule has 0 N–H and O–H groups in total. The van der Waals surface area contributed by atoms with Gasteiger partial charge in [-0.15, -0.1) is 11.3 Å². The topological polar surface area (TPSA) is 32.7 Å². The second-order valence-corrected chi connectivity index (χ2v) is 6.79. The van der Waals surface area contributed by atoms with Crippen molar-refractivity contribution in [1.29, 1.82) is 0 Å². The monoisotopic (exact) mass is 334 g/mol. The first kappa shape index (κ1) is 14.4. The Balaban J connectivity index is 1.90. The third-order valence-electron chi connectivity index (χ3n) is 2.85. The van der Waals surface area contributed by atoms with Crippen LogP contribution in [0, 0.1) is 0 Å². The van der Waals surface area contributed by atoms with E-state index < -0.39 is 0 Å². The Labute approximate surface area is 136 Å². The fraction of sp³-hybridized carbons (Fsp3) is 0.0667. The summed E-state index contributed by atoms with van der Waals surface area (Å²) < 4.78 is 0. The lowest BCUT2D eigenvalue weighted by Crippen LogP contribution is -2.23. The molecule has 2 heterocycles. The minimum absolute atomic E-state index is 0.0332. The summed E-state index contributed by atoms with van der Waals surface area (Å²) in [5, 5.41) is 3.27. The maximum Gasteiger partial charge on any atom is 0.266 e. The van der Waals surface area contributed by atoms with Gasteiger partial charge in [0.1, 0.15) is 0 Å². The second kappa shape index (κ2) is 6.05. The molecule has 1 aliphatic heterocycles. The highest BCUT2D eigenvalue weighted by molar-refractivity contribution is 8.18. The Morgan fingerprint density at radius 3 is 2.86 bits per heavy atom. The van der Waals surface area contributed by atoms with Crippen LogP contribution in [0.1, 0.15) is 4.88 Å². The van der Waals surface area contributed by atoms with Gasteiger partial charge in [-0.1, -0.05) is 23.7 Å². The highest BCUT2D eigenvalue weighted by atomic mass is 35.5. The Morgan fingerprint density at radius 1 is 1.29 bits per heavy atom. The molecule has 1 fully saturated rings. The van der Waals surface area contributed by atoms with Gasteiger partial charge in [-0.25, -0.2) is 4.99 Å². The van der Waals surface area contributed by atoms with Crippen LogP contribution in [0.3, 0.4) is 0 Å². The van der Waals surface area contributed by atoms with Crippen molar-refractivity contribution in [3.63, 3.8) is 0 Å². The summed E-state index contributed by atoms with van der Waals surface area (Å²) >= 11 is 8.93. The molecular weight excluding hydrogens is 324 g/mol. The fourth-order valence-electron chi connectivity index (χ4n) is 1.81. The van der Waals surface area contributed by atoms with Crippen LogP contribution in [-0.4, -0.2) is 23.0 Å². The highest BCUT2D eigenvalue weighted by Gasteiger charge is 2.30. The lowest BCUT2D eigenvalue weighted by atomic mass is 10.3. The van der Waals surface area contributed by atoms with Gasteiger partial charge in [0.15, 0.2) is 5.17 Å². The molecule has 0 unspecified atom stereocenters. The van der Waals surface area contributed by atoms with Crippen molar-refractivity contribution in [2.75, 3.05) is 7.05 Å². The minimum atomic E-state index is -0.0332. The Kier molecular flexibility index (Phi) is 4.14. The second-order valence-electron chi connectivity index (χ2n) is 4.36. The molecule has 2 aromatic rings. The number of hydrogen-bond acceptors (Lipinski definition) is 4. The number of benzene rings is 1. The number of amidine groups is 1. The van der Waals surface area contributed by atoms with E-state index >= 15 is 0 Å². The molecule has 1 saturated heterocycles. The molecule has 1 aromatic carbocycles. The van der Waals surface area contributed by atoms with Crippen LogP contribution in [0.15, 0.2) is 51.7 Å². The van der Waals surface area contributed by atoms with Crippen molar-refractivity contribution in [2.45, 2.75) is 0 Å². The van der Waals surface area contributed by atoms with Gasteiger partial charge >= 0.3 is 0 Å². The molecule has 21 heavy (non-hydrogen) atoms. The fourth-order valence-corrected chi connectivity index (χ4v) is 3.70. The number of carbonyl (C=O) groups is 1. The number of nitrogens with zero attached hydrogens (tertiary/aromatic N) is 2. The summed E-state index contributed by atoms with van der Waals surface area (Å²) in [6, 6.07) is 11.2. The van der Waals surface area contributed by atoms with E-state index in [2.05, 4.69) is 4.99 Å². The number of thiophene rings is 1. The minimum Gasteiger partial charge on any atom is -0.290 e. The van der Waals surface area contributed by atoms with Crippen LogP contribution in [0.4, 0.5) is 5.69 Å². The predicted molar refractivity (Wildman–Crippen MR) is 91.2 cm³/mol. The van der Waals surface area contributed by atoms with Crippen LogP contribution in [0.5, 0.6) is 0 Å². The molecule has 0 radical (unpaired) electrons. The van der Waals surface area contributed by atoms with Crippen molar-refractivity contribution in [1.82, 2.24) is 4.90 Å². The maximum absolute atomic E-state index is 12.2. The molecule has 3 nitrogen and oxygen atoms in total. The first-order valence-corrected chi connectivity index (χ1v) is 8.26. The molecule has 0 atom stereocenters. The summed E-state index contributed by atoms with van der Waals surface area (Å²) in [5.74, 6) is -0.0332. The molecule has 0 saturated carbocycles.